The van der Waals surface area contributed by atoms with Crippen LogP contribution in [-0.4, -0.2) is 23.6 Å². The van der Waals surface area contributed by atoms with Gasteiger partial charge in [0.15, 0.2) is 5.69 Å². The zero-order valence-corrected chi connectivity index (χ0v) is 14.3. The second kappa shape index (κ2) is 7.88. The van der Waals surface area contributed by atoms with Gasteiger partial charge in [0.1, 0.15) is 12.4 Å². The SMILES string of the molecule is CC(C)C1CCC(C)C(COC(=O)c2ccc([NH+]([O-])O)cc2)C1=O. The van der Waals surface area contributed by atoms with Gasteiger partial charge in [-0.25, -0.2) is 10.0 Å². The van der Waals surface area contributed by atoms with Crippen molar-refractivity contribution in [3.05, 3.63) is 35.0 Å². The molecule has 2 rings (SSSR count). The predicted octanol–water partition coefficient (Wildman–Crippen LogP) is 2.13. The first-order valence-electron chi connectivity index (χ1n) is 8.35. The number of carbonyl (C=O) groups is 2. The van der Waals surface area contributed by atoms with Gasteiger partial charge in [-0.3, -0.25) is 4.79 Å². The van der Waals surface area contributed by atoms with E-state index in [1.54, 1.807) is 0 Å². The minimum atomic E-state index is -1.05. The lowest BCUT2D eigenvalue weighted by atomic mass is 9.70. The number of quaternary nitrogens is 1. The van der Waals surface area contributed by atoms with E-state index >= 15 is 0 Å². The third-order valence-corrected chi connectivity index (χ3v) is 4.92. The molecule has 2 N–H and O–H groups in total. The molecular formula is C18H25NO5. The summed E-state index contributed by atoms with van der Waals surface area (Å²) in [7, 11) is 0. The minimum absolute atomic E-state index is 0.0414. The van der Waals surface area contributed by atoms with Crippen molar-refractivity contribution >= 4 is 17.4 Å². The highest BCUT2D eigenvalue weighted by atomic mass is 16.8. The van der Waals surface area contributed by atoms with Crippen LogP contribution >= 0.6 is 0 Å². The van der Waals surface area contributed by atoms with Gasteiger partial charge in [-0.1, -0.05) is 20.8 Å². The van der Waals surface area contributed by atoms with Crippen LogP contribution in [0.3, 0.4) is 0 Å². The van der Waals surface area contributed by atoms with Crippen molar-refractivity contribution in [2.45, 2.75) is 33.6 Å². The number of benzene rings is 1. The Morgan fingerprint density at radius 3 is 2.50 bits per heavy atom. The van der Waals surface area contributed by atoms with Crippen LogP contribution in [-0.2, 0) is 9.53 Å². The Labute approximate surface area is 141 Å². The molecule has 1 aromatic rings. The van der Waals surface area contributed by atoms with Gasteiger partial charge in [0.25, 0.3) is 0 Å². The molecule has 0 aliphatic heterocycles. The maximum absolute atomic E-state index is 12.6. The number of rotatable bonds is 5. The summed E-state index contributed by atoms with van der Waals surface area (Å²) in [6.07, 6.45) is 1.86. The van der Waals surface area contributed by atoms with Gasteiger partial charge in [-0.05, 0) is 36.8 Å². The number of esters is 1. The lowest BCUT2D eigenvalue weighted by molar-refractivity contribution is -0.991. The van der Waals surface area contributed by atoms with Gasteiger partial charge in [0.2, 0.25) is 0 Å². The Morgan fingerprint density at radius 1 is 1.33 bits per heavy atom. The highest BCUT2D eigenvalue weighted by Crippen LogP contribution is 2.34. The predicted molar refractivity (Wildman–Crippen MR) is 87.7 cm³/mol. The molecule has 0 bridgehead atoms. The van der Waals surface area contributed by atoms with Gasteiger partial charge in [0.05, 0.1) is 11.5 Å². The number of Topliss-reactive ketones (excluding diaryl/α,β-unsaturated/α-hetero) is 1. The van der Waals surface area contributed by atoms with Gasteiger partial charge >= 0.3 is 5.97 Å². The Hall–Kier alpha value is -1.76. The molecular weight excluding hydrogens is 310 g/mol. The first kappa shape index (κ1) is 18.6. The maximum atomic E-state index is 12.6. The molecule has 0 aromatic heterocycles. The summed E-state index contributed by atoms with van der Waals surface area (Å²) < 4.78 is 5.33. The second-order valence-corrected chi connectivity index (χ2v) is 6.89. The number of ether oxygens (including phenoxy) is 1. The standard InChI is InChI=1S/C18H25NO5/c1-11(2)15-9-4-12(3)16(17(15)20)10-24-18(21)13-5-7-14(8-6-13)19(22)23/h5-8,11-12,15-16,19,22H,4,9-10H2,1-3H3. The first-order chi connectivity index (χ1) is 11.3. The average Bonchev–Trinajstić information content (AvgIpc) is 2.54. The van der Waals surface area contributed by atoms with Crippen LogP contribution in [0.15, 0.2) is 24.3 Å². The largest absolute Gasteiger partial charge is 0.595 e. The Morgan fingerprint density at radius 2 is 1.96 bits per heavy atom. The first-order valence-corrected chi connectivity index (χ1v) is 8.35. The van der Waals surface area contributed by atoms with Crippen LogP contribution in [0.25, 0.3) is 0 Å². The molecule has 4 atom stereocenters. The summed E-state index contributed by atoms with van der Waals surface area (Å²) in [6.45, 7) is 6.20. The number of hydrogen-bond donors (Lipinski definition) is 2. The highest BCUT2D eigenvalue weighted by Gasteiger charge is 2.37. The van der Waals surface area contributed by atoms with E-state index in [1.165, 1.54) is 24.3 Å². The van der Waals surface area contributed by atoms with E-state index in [0.29, 0.717) is 5.92 Å². The molecule has 1 aliphatic carbocycles. The number of carbonyl (C=O) groups excluding carboxylic acids is 2. The molecule has 6 nitrogen and oxygen atoms in total. The Bertz CT molecular complexity index is 582. The lowest BCUT2D eigenvalue weighted by Gasteiger charge is -2.34. The van der Waals surface area contributed by atoms with E-state index in [4.69, 9.17) is 9.94 Å². The van der Waals surface area contributed by atoms with E-state index in [2.05, 4.69) is 0 Å². The molecule has 24 heavy (non-hydrogen) atoms. The van der Waals surface area contributed by atoms with Crippen LogP contribution < -0.4 is 5.23 Å². The zero-order valence-electron chi connectivity index (χ0n) is 14.3. The summed E-state index contributed by atoms with van der Waals surface area (Å²) in [5, 5.41) is 18.6. The molecule has 6 heteroatoms. The molecule has 0 saturated heterocycles. The zero-order chi connectivity index (χ0) is 17.9. The fraction of sp³-hybridized carbons (Fsp3) is 0.556. The van der Waals surface area contributed by atoms with Crippen molar-refractivity contribution in [1.82, 2.24) is 0 Å². The number of ketones is 1. The van der Waals surface area contributed by atoms with Crippen LogP contribution in [0.5, 0.6) is 0 Å². The maximum Gasteiger partial charge on any atom is 0.338 e. The fourth-order valence-electron chi connectivity index (χ4n) is 3.25. The van der Waals surface area contributed by atoms with Crippen LogP contribution in [0.2, 0.25) is 0 Å². The summed E-state index contributed by atoms with van der Waals surface area (Å²) in [5.74, 6) is -0.0500. The Kier molecular flexibility index (Phi) is 6.10. The normalized spacial score (nSPS) is 25.6. The molecule has 0 heterocycles. The van der Waals surface area contributed by atoms with Crippen LogP contribution in [0, 0.1) is 28.9 Å². The van der Waals surface area contributed by atoms with Gasteiger partial charge < -0.3 is 9.94 Å². The van der Waals surface area contributed by atoms with Crippen molar-refractivity contribution in [1.29, 1.82) is 0 Å². The van der Waals surface area contributed by atoms with E-state index in [1.807, 2.05) is 20.8 Å². The van der Waals surface area contributed by atoms with Crippen molar-refractivity contribution in [3.8, 4) is 0 Å². The number of nitrogens with one attached hydrogen (secondary N) is 1. The van der Waals surface area contributed by atoms with E-state index < -0.39 is 11.2 Å². The Balaban J connectivity index is 1.98. The third-order valence-electron chi connectivity index (χ3n) is 4.92. The van der Waals surface area contributed by atoms with Crippen molar-refractivity contribution in [2.75, 3.05) is 6.61 Å². The van der Waals surface area contributed by atoms with E-state index in [-0.39, 0.29) is 41.4 Å². The monoisotopic (exact) mass is 335 g/mol. The quantitative estimate of drug-likeness (QED) is 0.635. The van der Waals surface area contributed by atoms with Gasteiger partial charge in [-0.2, -0.15) is 5.23 Å². The second-order valence-electron chi connectivity index (χ2n) is 6.89. The average molecular weight is 335 g/mol. The van der Waals surface area contributed by atoms with E-state index in [0.717, 1.165) is 12.8 Å². The third kappa shape index (κ3) is 4.20. The lowest BCUT2D eigenvalue weighted by Crippen LogP contribution is -2.99. The van der Waals surface area contributed by atoms with Crippen LogP contribution in [0.1, 0.15) is 44.0 Å². The van der Waals surface area contributed by atoms with Gasteiger partial charge in [-0.15, -0.1) is 0 Å². The van der Waals surface area contributed by atoms with Crippen molar-refractivity contribution in [2.24, 2.45) is 23.7 Å². The highest BCUT2D eigenvalue weighted by molar-refractivity contribution is 5.90. The van der Waals surface area contributed by atoms with Crippen molar-refractivity contribution in [3.63, 3.8) is 0 Å². The van der Waals surface area contributed by atoms with E-state index in [9.17, 15) is 14.8 Å². The van der Waals surface area contributed by atoms with Gasteiger partial charge in [0, 0.05) is 18.1 Å². The fourth-order valence-corrected chi connectivity index (χ4v) is 3.25. The molecule has 0 amide bonds. The minimum Gasteiger partial charge on any atom is -0.595 e. The molecule has 0 spiro atoms. The summed E-state index contributed by atoms with van der Waals surface area (Å²) in [5.41, 5.74) is 0.402. The van der Waals surface area contributed by atoms with Crippen LogP contribution in [0.4, 0.5) is 5.69 Å². The summed E-state index contributed by atoms with van der Waals surface area (Å²) in [6, 6.07) is 5.58. The molecule has 1 aromatic carbocycles. The topological polar surface area (TPSA) is 91.1 Å². The van der Waals surface area contributed by atoms with Crippen molar-refractivity contribution < 1.29 is 24.8 Å². The molecule has 4 unspecified atom stereocenters. The molecule has 132 valence electrons. The summed E-state index contributed by atoms with van der Waals surface area (Å²) >= 11 is 0. The molecule has 1 fully saturated rings. The summed E-state index contributed by atoms with van der Waals surface area (Å²) in [4.78, 5) is 24.7. The molecule has 0 radical (unpaired) electrons. The smallest absolute Gasteiger partial charge is 0.338 e. The molecule has 1 aliphatic rings. The molecule has 1 saturated carbocycles. The number of hydrogen-bond acceptors (Lipinski definition) is 5.